The van der Waals surface area contributed by atoms with E-state index < -0.39 is 0 Å². The van der Waals surface area contributed by atoms with Crippen LogP contribution in [0, 0.1) is 6.92 Å². The number of pyridine rings is 1. The predicted molar refractivity (Wildman–Crippen MR) is 106 cm³/mol. The van der Waals surface area contributed by atoms with Crippen molar-refractivity contribution < 1.29 is 9.53 Å². The quantitative estimate of drug-likeness (QED) is 0.838. The first-order chi connectivity index (χ1) is 13.0. The number of hydrogen-bond acceptors (Lipinski definition) is 4. The van der Waals surface area contributed by atoms with Crippen LogP contribution in [0.3, 0.4) is 0 Å². The Morgan fingerprint density at radius 1 is 1.26 bits per heavy atom. The Kier molecular flexibility index (Phi) is 5.12. The van der Waals surface area contributed by atoms with Crippen LogP contribution >= 0.6 is 23.2 Å². The van der Waals surface area contributed by atoms with Crippen LogP contribution in [0.4, 0.5) is 0 Å². The molecule has 4 rings (SSSR count). The molecule has 0 saturated carbocycles. The summed E-state index contributed by atoms with van der Waals surface area (Å²) in [6, 6.07) is 5.50. The van der Waals surface area contributed by atoms with E-state index in [9.17, 15) is 4.79 Å². The second-order valence-electron chi connectivity index (χ2n) is 6.98. The zero-order valence-electron chi connectivity index (χ0n) is 15.1. The minimum absolute atomic E-state index is 0.000108. The third-order valence-corrected chi connectivity index (χ3v) is 5.96. The molecule has 0 spiro atoms. The average Bonchev–Trinajstić information content (AvgIpc) is 2.98. The first kappa shape index (κ1) is 18.7. The lowest BCUT2D eigenvalue weighted by Crippen LogP contribution is -2.39. The van der Waals surface area contributed by atoms with E-state index in [1.54, 1.807) is 12.1 Å². The Morgan fingerprint density at radius 3 is 2.67 bits per heavy atom. The van der Waals surface area contributed by atoms with E-state index in [-0.39, 0.29) is 18.5 Å². The van der Waals surface area contributed by atoms with Crippen LogP contribution in [0.2, 0.25) is 10.0 Å². The third-order valence-electron chi connectivity index (χ3n) is 5.41. The number of aromatic nitrogens is 1. The van der Waals surface area contributed by atoms with Crippen LogP contribution < -0.4 is 5.73 Å². The predicted octanol–water partition coefficient (Wildman–Crippen LogP) is 3.96. The van der Waals surface area contributed by atoms with Crippen molar-refractivity contribution in [1.82, 2.24) is 9.88 Å². The Balaban J connectivity index is 1.87. The number of halogens is 2. The first-order valence-corrected chi connectivity index (χ1v) is 9.83. The molecule has 27 heavy (non-hydrogen) atoms. The fourth-order valence-corrected chi connectivity index (χ4v) is 4.56. The molecule has 0 bridgehead atoms. The number of nitrogens with two attached hydrogens (primary N) is 1. The molecule has 1 aromatic heterocycles. The van der Waals surface area contributed by atoms with E-state index in [0.29, 0.717) is 35.4 Å². The van der Waals surface area contributed by atoms with Crippen LogP contribution in [0.1, 0.15) is 40.2 Å². The summed E-state index contributed by atoms with van der Waals surface area (Å²) in [5.74, 6) is 0.000108. The highest BCUT2D eigenvalue weighted by molar-refractivity contribution is 6.36. The minimum atomic E-state index is 0.000108. The SMILES string of the molecule is Cc1nc2c(c(-c3ccc(Cl)cc3Cl)c1CN)C(=O)N(C1CCOCC1)C2. The van der Waals surface area contributed by atoms with Gasteiger partial charge < -0.3 is 15.4 Å². The highest BCUT2D eigenvalue weighted by Gasteiger charge is 2.38. The molecule has 1 aromatic carbocycles. The molecule has 2 aliphatic heterocycles. The van der Waals surface area contributed by atoms with Crippen molar-refractivity contribution in [3.8, 4) is 11.1 Å². The molecule has 1 amide bonds. The lowest BCUT2D eigenvalue weighted by Gasteiger charge is -2.30. The standard InChI is InChI=1S/C20H21Cl2N3O2/c1-11-15(9-23)18(14-3-2-12(21)8-16(14)22)19-17(24-11)10-25(20(19)26)13-4-6-27-7-5-13/h2-3,8,13H,4-7,9-10,23H2,1H3. The summed E-state index contributed by atoms with van der Waals surface area (Å²) in [5.41, 5.74) is 10.7. The monoisotopic (exact) mass is 405 g/mol. The number of hydrogen-bond donors (Lipinski definition) is 1. The van der Waals surface area contributed by atoms with E-state index in [0.717, 1.165) is 40.9 Å². The van der Waals surface area contributed by atoms with E-state index in [1.165, 1.54) is 0 Å². The molecular formula is C20H21Cl2N3O2. The third kappa shape index (κ3) is 3.23. The highest BCUT2D eigenvalue weighted by atomic mass is 35.5. The summed E-state index contributed by atoms with van der Waals surface area (Å²) in [5, 5.41) is 1.05. The van der Waals surface area contributed by atoms with E-state index in [1.807, 2.05) is 17.9 Å². The smallest absolute Gasteiger partial charge is 0.257 e. The van der Waals surface area contributed by atoms with Crippen LogP contribution in [-0.2, 0) is 17.8 Å². The van der Waals surface area contributed by atoms with Gasteiger partial charge in [-0.05, 0) is 37.5 Å². The minimum Gasteiger partial charge on any atom is -0.381 e. The fourth-order valence-electron chi connectivity index (χ4n) is 4.05. The van der Waals surface area contributed by atoms with Gasteiger partial charge in [0, 0.05) is 52.7 Å². The largest absolute Gasteiger partial charge is 0.381 e. The number of ether oxygens (including phenoxy) is 1. The molecule has 0 atom stereocenters. The molecule has 0 aliphatic carbocycles. The molecule has 0 unspecified atom stereocenters. The molecule has 1 fully saturated rings. The number of rotatable bonds is 3. The average molecular weight is 406 g/mol. The van der Waals surface area contributed by atoms with Gasteiger partial charge in [0.05, 0.1) is 17.8 Å². The zero-order valence-corrected chi connectivity index (χ0v) is 16.6. The number of carbonyl (C=O) groups is 1. The second kappa shape index (κ2) is 7.40. The van der Waals surface area contributed by atoms with Gasteiger partial charge >= 0.3 is 0 Å². The van der Waals surface area contributed by atoms with Gasteiger partial charge in [0.15, 0.2) is 0 Å². The van der Waals surface area contributed by atoms with Crippen molar-refractivity contribution in [2.75, 3.05) is 13.2 Å². The molecule has 2 aliphatic rings. The lowest BCUT2D eigenvalue weighted by molar-refractivity contribution is 0.0302. The molecule has 1 saturated heterocycles. The van der Waals surface area contributed by atoms with Crippen LogP contribution in [0.15, 0.2) is 18.2 Å². The van der Waals surface area contributed by atoms with Gasteiger partial charge in [0.25, 0.3) is 5.91 Å². The summed E-state index contributed by atoms with van der Waals surface area (Å²) in [6.45, 7) is 4.09. The topological polar surface area (TPSA) is 68.5 Å². The van der Waals surface area contributed by atoms with Gasteiger partial charge in [-0.15, -0.1) is 0 Å². The Bertz CT molecular complexity index is 911. The van der Waals surface area contributed by atoms with Crippen LogP contribution in [0.5, 0.6) is 0 Å². The normalized spacial score (nSPS) is 17.5. The number of carbonyl (C=O) groups excluding carboxylic acids is 1. The highest BCUT2D eigenvalue weighted by Crippen LogP contribution is 2.40. The van der Waals surface area contributed by atoms with Gasteiger partial charge in [-0.3, -0.25) is 9.78 Å². The Labute approximate surface area is 168 Å². The van der Waals surface area contributed by atoms with E-state index in [2.05, 4.69) is 0 Å². The van der Waals surface area contributed by atoms with E-state index >= 15 is 0 Å². The Morgan fingerprint density at radius 2 is 2.00 bits per heavy atom. The number of fused-ring (bicyclic) bond motifs is 1. The maximum Gasteiger partial charge on any atom is 0.257 e. The maximum atomic E-state index is 13.4. The molecule has 7 heteroatoms. The molecule has 2 N–H and O–H groups in total. The summed E-state index contributed by atoms with van der Waals surface area (Å²) in [4.78, 5) is 20.0. The molecule has 2 aromatic rings. The fraction of sp³-hybridized carbons (Fsp3) is 0.400. The zero-order chi connectivity index (χ0) is 19.1. The van der Waals surface area contributed by atoms with Crippen LogP contribution in [0.25, 0.3) is 11.1 Å². The van der Waals surface area contributed by atoms with Crippen molar-refractivity contribution in [1.29, 1.82) is 0 Å². The van der Waals surface area contributed by atoms with Crippen molar-refractivity contribution >= 4 is 29.1 Å². The summed E-state index contributed by atoms with van der Waals surface area (Å²) >= 11 is 12.6. The molecular weight excluding hydrogens is 385 g/mol. The summed E-state index contributed by atoms with van der Waals surface area (Å²) in [6.07, 6.45) is 1.69. The van der Waals surface area contributed by atoms with Crippen molar-refractivity contribution in [2.45, 2.75) is 38.9 Å². The number of amides is 1. The number of nitrogens with zero attached hydrogens (tertiary/aromatic N) is 2. The van der Waals surface area contributed by atoms with Gasteiger partial charge in [-0.2, -0.15) is 0 Å². The van der Waals surface area contributed by atoms with Crippen LogP contribution in [-0.4, -0.2) is 35.0 Å². The van der Waals surface area contributed by atoms with Gasteiger partial charge in [0.1, 0.15) is 0 Å². The first-order valence-electron chi connectivity index (χ1n) is 9.07. The van der Waals surface area contributed by atoms with Gasteiger partial charge in [-0.1, -0.05) is 29.3 Å². The molecule has 3 heterocycles. The molecule has 142 valence electrons. The van der Waals surface area contributed by atoms with E-state index in [4.69, 9.17) is 38.7 Å². The van der Waals surface area contributed by atoms with Crippen molar-refractivity contribution in [3.05, 3.63) is 50.8 Å². The molecule has 5 nitrogen and oxygen atoms in total. The second-order valence-corrected chi connectivity index (χ2v) is 7.82. The van der Waals surface area contributed by atoms with Crippen molar-refractivity contribution in [2.24, 2.45) is 5.73 Å². The lowest BCUT2D eigenvalue weighted by atomic mass is 9.93. The number of aryl methyl sites for hydroxylation is 1. The van der Waals surface area contributed by atoms with Gasteiger partial charge in [0.2, 0.25) is 0 Å². The summed E-state index contributed by atoms with van der Waals surface area (Å²) < 4.78 is 5.45. The number of benzene rings is 1. The Hall–Kier alpha value is -1.66. The van der Waals surface area contributed by atoms with Gasteiger partial charge in [-0.25, -0.2) is 0 Å². The maximum absolute atomic E-state index is 13.4. The molecule has 0 radical (unpaired) electrons. The van der Waals surface area contributed by atoms with Crippen molar-refractivity contribution in [3.63, 3.8) is 0 Å². The summed E-state index contributed by atoms with van der Waals surface area (Å²) in [7, 11) is 0.